The normalized spacial score (nSPS) is 10.5. The van der Waals surface area contributed by atoms with Gasteiger partial charge in [0.15, 0.2) is 0 Å². The molecule has 3 rings (SSSR count). The zero-order valence-corrected chi connectivity index (χ0v) is 8.67. The minimum Gasteiger partial charge on any atom is -0.255 e. The Morgan fingerprint density at radius 1 is 0.812 bits per heavy atom. The average Bonchev–Trinajstić information content (AvgIpc) is 2.39. The summed E-state index contributed by atoms with van der Waals surface area (Å²) in [4.78, 5) is 8.67. The molecule has 0 N–H and O–H groups in total. The van der Waals surface area contributed by atoms with Gasteiger partial charge in [-0.05, 0) is 12.1 Å². The Hall–Kier alpha value is -2.22. The first kappa shape index (κ1) is 9.04. The van der Waals surface area contributed by atoms with Crippen molar-refractivity contribution in [3.63, 3.8) is 0 Å². The quantitative estimate of drug-likeness (QED) is 0.610. The summed E-state index contributed by atoms with van der Waals surface area (Å²) in [7, 11) is 0. The van der Waals surface area contributed by atoms with Gasteiger partial charge in [-0.25, -0.2) is 0 Å². The minimum atomic E-state index is 0.933. The van der Waals surface area contributed by atoms with Crippen LogP contribution in [-0.2, 0) is 0 Å². The Bertz CT molecular complexity index is 618. The van der Waals surface area contributed by atoms with Crippen LogP contribution in [0, 0.1) is 0 Å². The third-order valence-electron chi connectivity index (χ3n) is 2.56. The fraction of sp³-hybridized carbons (Fsp3) is 0. The standard InChI is InChI=1S/C14H10N2/c1-2-5-11(6-3-1)13-9-12-7-4-8-15-14(12)10-16-13/h1-10H. The lowest BCUT2D eigenvalue weighted by atomic mass is 10.1. The highest BCUT2D eigenvalue weighted by atomic mass is 14.7. The highest BCUT2D eigenvalue weighted by Crippen LogP contribution is 2.20. The third kappa shape index (κ3) is 1.54. The molecule has 2 aromatic heterocycles. The summed E-state index contributed by atoms with van der Waals surface area (Å²) < 4.78 is 0. The topological polar surface area (TPSA) is 25.8 Å². The first-order valence-corrected chi connectivity index (χ1v) is 5.20. The second-order valence-electron chi connectivity index (χ2n) is 3.63. The molecule has 0 aliphatic carbocycles. The van der Waals surface area contributed by atoms with Crippen molar-refractivity contribution in [1.29, 1.82) is 0 Å². The van der Waals surface area contributed by atoms with E-state index in [1.165, 1.54) is 0 Å². The van der Waals surface area contributed by atoms with Gasteiger partial charge in [-0.1, -0.05) is 36.4 Å². The fourth-order valence-electron chi connectivity index (χ4n) is 1.74. The summed E-state index contributed by atoms with van der Waals surface area (Å²) in [6, 6.07) is 16.2. The van der Waals surface area contributed by atoms with Gasteiger partial charge in [-0.2, -0.15) is 0 Å². The highest BCUT2D eigenvalue weighted by molar-refractivity contribution is 5.81. The maximum absolute atomic E-state index is 4.41. The Morgan fingerprint density at radius 3 is 2.56 bits per heavy atom. The Labute approximate surface area is 93.6 Å². The highest BCUT2D eigenvalue weighted by Gasteiger charge is 2.00. The molecule has 2 nitrogen and oxygen atoms in total. The van der Waals surface area contributed by atoms with E-state index in [0.29, 0.717) is 0 Å². The predicted molar refractivity (Wildman–Crippen MR) is 65.0 cm³/mol. The maximum atomic E-state index is 4.41. The minimum absolute atomic E-state index is 0.933. The Morgan fingerprint density at radius 2 is 1.69 bits per heavy atom. The van der Waals surface area contributed by atoms with Gasteiger partial charge in [0.25, 0.3) is 0 Å². The van der Waals surface area contributed by atoms with Gasteiger partial charge in [-0.3, -0.25) is 9.97 Å². The first-order valence-electron chi connectivity index (χ1n) is 5.20. The van der Waals surface area contributed by atoms with E-state index in [9.17, 15) is 0 Å². The molecule has 0 spiro atoms. The number of hydrogen-bond acceptors (Lipinski definition) is 2. The molecule has 0 aliphatic rings. The SMILES string of the molecule is c1ccc(-c2cc3cccnc3cn2)cc1. The van der Waals surface area contributed by atoms with Crippen molar-refractivity contribution in [3.05, 3.63) is 60.9 Å². The van der Waals surface area contributed by atoms with E-state index >= 15 is 0 Å². The van der Waals surface area contributed by atoms with E-state index in [1.807, 2.05) is 30.5 Å². The largest absolute Gasteiger partial charge is 0.255 e. The molecule has 0 saturated carbocycles. The third-order valence-corrected chi connectivity index (χ3v) is 2.56. The molecular formula is C14H10N2. The van der Waals surface area contributed by atoms with Gasteiger partial charge in [0, 0.05) is 17.1 Å². The van der Waals surface area contributed by atoms with Crippen LogP contribution in [0.4, 0.5) is 0 Å². The summed E-state index contributed by atoms with van der Waals surface area (Å²) in [6.45, 7) is 0. The van der Waals surface area contributed by atoms with Crippen LogP contribution in [0.1, 0.15) is 0 Å². The Balaban J connectivity index is 2.19. The molecule has 3 aromatic rings. The van der Waals surface area contributed by atoms with Crippen molar-refractivity contribution in [2.75, 3.05) is 0 Å². The fourth-order valence-corrected chi connectivity index (χ4v) is 1.74. The van der Waals surface area contributed by atoms with Gasteiger partial charge in [0.2, 0.25) is 0 Å². The van der Waals surface area contributed by atoms with E-state index in [0.717, 1.165) is 22.2 Å². The summed E-state index contributed by atoms with van der Waals surface area (Å²) in [5.41, 5.74) is 3.05. The summed E-state index contributed by atoms with van der Waals surface area (Å²) in [6.07, 6.45) is 3.60. The van der Waals surface area contributed by atoms with Crippen LogP contribution < -0.4 is 0 Å². The molecule has 76 valence electrons. The molecule has 16 heavy (non-hydrogen) atoms. The molecular weight excluding hydrogens is 196 g/mol. The number of pyridine rings is 2. The first-order chi connectivity index (χ1) is 7.93. The van der Waals surface area contributed by atoms with Crippen molar-refractivity contribution in [3.8, 4) is 11.3 Å². The van der Waals surface area contributed by atoms with Crippen LogP contribution in [0.5, 0.6) is 0 Å². The summed E-state index contributed by atoms with van der Waals surface area (Å²) in [5.74, 6) is 0. The molecule has 0 radical (unpaired) electrons. The van der Waals surface area contributed by atoms with E-state index in [4.69, 9.17) is 0 Å². The molecule has 0 bridgehead atoms. The van der Waals surface area contributed by atoms with Crippen LogP contribution in [0.3, 0.4) is 0 Å². The van der Waals surface area contributed by atoms with Crippen LogP contribution in [0.2, 0.25) is 0 Å². The van der Waals surface area contributed by atoms with Gasteiger partial charge in [0.1, 0.15) is 0 Å². The number of rotatable bonds is 1. The van der Waals surface area contributed by atoms with Crippen molar-refractivity contribution in [2.24, 2.45) is 0 Å². The van der Waals surface area contributed by atoms with Crippen molar-refractivity contribution >= 4 is 10.9 Å². The smallest absolute Gasteiger partial charge is 0.0885 e. The molecule has 0 atom stereocenters. The second-order valence-corrected chi connectivity index (χ2v) is 3.63. The number of benzene rings is 1. The van der Waals surface area contributed by atoms with Crippen molar-refractivity contribution < 1.29 is 0 Å². The zero-order chi connectivity index (χ0) is 10.8. The van der Waals surface area contributed by atoms with E-state index in [1.54, 1.807) is 6.20 Å². The lowest BCUT2D eigenvalue weighted by Gasteiger charge is -2.01. The van der Waals surface area contributed by atoms with Crippen molar-refractivity contribution in [1.82, 2.24) is 9.97 Å². The molecule has 1 aromatic carbocycles. The van der Waals surface area contributed by atoms with E-state index < -0.39 is 0 Å². The number of aromatic nitrogens is 2. The van der Waals surface area contributed by atoms with Crippen LogP contribution in [0.15, 0.2) is 60.9 Å². The van der Waals surface area contributed by atoms with Gasteiger partial charge < -0.3 is 0 Å². The predicted octanol–water partition coefficient (Wildman–Crippen LogP) is 3.30. The molecule has 2 heteroatoms. The number of nitrogens with zero attached hydrogens (tertiary/aromatic N) is 2. The second kappa shape index (κ2) is 3.74. The molecule has 0 saturated heterocycles. The summed E-state index contributed by atoms with van der Waals surface area (Å²) in [5, 5.41) is 1.12. The van der Waals surface area contributed by atoms with Gasteiger partial charge in [0.05, 0.1) is 17.4 Å². The number of hydrogen-bond donors (Lipinski definition) is 0. The van der Waals surface area contributed by atoms with Crippen LogP contribution in [-0.4, -0.2) is 9.97 Å². The monoisotopic (exact) mass is 206 g/mol. The van der Waals surface area contributed by atoms with Crippen LogP contribution in [0.25, 0.3) is 22.2 Å². The molecule has 0 amide bonds. The average molecular weight is 206 g/mol. The van der Waals surface area contributed by atoms with Gasteiger partial charge in [-0.15, -0.1) is 0 Å². The zero-order valence-electron chi connectivity index (χ0n) is 8.67. The van der Waals surface area contributed by atoms with Crippen LogP contribution >= 0.6 is 0 Å². The molecule has 0 fully saturated rings. The lowest BCUT2D eigenvalue weighted by Crippen LogP contribution is -1.85. The molecule has 0 unspecified atom stereocenters. The van der Waals surface area contributed by atoms with E-state index in [-0.39, 0.29) is 0 Å². The maximum Gasteiger partial charge on any atom is 0.0885 e. The summed E-state index contributed by atoms with van der Waals surface area (Å²) >= 11 is 0. The number of fused-ring (bicyclic) bond motifs is 1. The lowest BCUT2D eigenvalue weighted by molar-refractivity contribution is 1.31. The van der Waals surface area contributed by atoms with Gasteiger partial charge >= 0.3 is 0 Å². The van der Waals surface area contributed by atoms with E-state index in [2.05, 4.69) is 34.2 Å². The molecule has 0 aliphatic heterocycles. The van der Waals surface area contributed by atoms with Crippen molar-refractivity contribution in [2.45, 2.75) is 0 Å². The Kier molecular flexibility index (Phi) is 2.11. The molecule has 2 heterocycles.